The van der Waals surface area contributed by atoms with Crippen molar-refractivity contribution in [2.45, 2.75) is 20.8 Å². The second-order valence-corrected chi connectivity index (χ2v) is 3.28. The minimum Gasteiger partial charge on any atom is -0.337 e. The van der Waals surface area contributed by atoms with Crippen molar-refractivity contribution in [2.75, 3.05) is 13.1 Å². The fourth-order valence-electron chi connectivity index (χ4n) is 0.526. The van der Waals surface area contributed by atoms with Crippen LogP contribution in [0, 0.1) is 5.92 Å². The number of amides is 2. The highest BCUT2D eigenvalue weighted by Crippen LogP contribution is 1.94. The van der Waals surface area contributed by atoms with Gasteiger partial charge in [-0.2, -0.15) is 0 Å². The quantitative estimate of drug-likeness (QED) is 0.628. The van der Waals surface area contributed by atoms with Crippen LogP contribution >= 0.6 is 12.8 Å². The Kier molecular flexibility index (Phi) is 5.11. The average Bonchev–Trinajstić information content (AvgIpc) is 1.98. The molecule has 0 unspecified atom stereocenters. The Balaban J connectivity index is 3.52. The Hall–Kier alpha value is -0.380. The Morgan fingerprint density at radius 1 is 1.64 bits per heavy atom. The summed E-state index contributed by atoms with van der Waals surface area (Å²) in [6.45, 7) is 7.30. The first-order chi connectivity index (χ1) is 5.07. The number of hydrogen-bond acceptors (Lipinski definition) is 2. The molecule has 0 fully saturated rings. The van der Waals surface area contributed by atoms with Gasteiger partial charge in [-0.3, -0.25) is 4.31 Å². The maximum Gasteiger partial charge on any atom is 0.327 e. The monoisotopic (exact) mass is 176 g/mol. The van der Waals surface area contributed by atoms with Crippen LogP contribution in [0.4, 0.5) is 4.79 Å². The average molecular weight is 176 g/mol. The molecular formula is C7H16N2OS. The predicted octanol–water partition coefficient (Wildman–Crippen LogP) is 1.52. The van der Waals surface area contributed by atoms with Crippen LogP contribution < -0.4 is 5.32 Å². The molecule has 3 nitrogen and oxygen atoms in total. The molecule has 0 atom stereocenters. The maximum atomic E-state index is 11.0. The van der Waals surface area contributed by atoms with Crippen molar-refractivity contribution >= 4 is 18.8 Å². The summed E-state index contributed by atoms with van der Waals surface area (Å²) in [5, 5.41) is 2.74. The molecule has 0 aliphatic carbocycles. The summed E-state index contributed by atoms with van der Waals surface area (Å²) in [6, 6.07) is -0.121. The van der Waals surface area contributed by atoms with E-state index in [1.54, 1.807) is 0 Å². The van der Waals surface area contributed by atoms with Gasteiger partial charge >= 0.3 is 6.03 Å². The van der Waals surface area contributed by atoms with E-state index in [-0.39, 0.29) is 6.03 Å². The SMILES string of the molecule is CCN(S)C(=O)NCC(C)C. The van der Waals surface area contributed by atoms with Crippen molar-refractivity contribution < 1.29 is 4.79 Å². The maximum absolute atomic E-state index is 11.0. The molecule has 0 bridgehead atoms. The summed E-state index contributed by atoms with van der Waals surface area (Å²) >= 11 is 3.95. The largest absolute Gasteiger partial charge is 0.337 e. The zero-order chi connectivity index (χ0) is 8.85. The van der Waals surface area contributed by atoms with E-state index in [1.807, 2.05) is 6.92 Å². The van der Waals surface area contributed by atoms with Crippen LogP contribution in [0.2, 0.25) is 0 Å². The first kappa shape index (κ1) is 10.6. The van der Waals surface area contributed by atoms with Crippen molar-refractivity contribution in [2.24, 2.45) is 5.92 Å². The molecule has 0 spiro atoms. The van der Waals surface area contributed by atoms with E-state index in [1.165, 1.54) is 4.31 Å². The van der Waals surface area contributed by atoms with E-state index in [0.717, 1.165) is 0 Å². The highest BCUT2D eigenvalue weighted by Gasteiger charge is 2.05. The summed E-state index contributed by atoms with van der Waals surface area (Å²) in [5.74, 6) is 0.484. The minimum atomic E-state index is -0.121. The molecule has 0 aromatic rings. The summed E-state index contributed by atoms with van der Waals surface area (Å²) in [4.78, 5) is 11.0. The molecule has 2 amide bonds. The second-order valence-electron chi connectivity index (χ2n) is 2.80. The van der Waals surface area contributed by atoms with Gasteiger partial charge in [0, 0.05) is 13.1 Å². The van der Waals surface area contributed by atoms with Crippen LogP contribution in [0.15, 0.2) is 0 Å². The van der Waals surface area contributed by atoms with Crippen LogP contribution in [-0.2, 0) is 0 Å². The van der Waals surface area contributed by atoms with Crippen molar-refractivity contribution in [1.29, 1.82) is 0 Å². The van der Waals surface area contributed by atoms with Gasteiger partial charge in [-0.05, 0) is 12.8 Å². The van der Waals surface area contributed by atoms with Gasteiger partial charge in [-0.25, -0.2) is 4.79 Å². The molecule has 0 saturated heterocycles. The van der Waals surface area contributed by atoms with Crippen molar-refractivity contribution in [1.82, 2.24) is 9.62 Å². The number of urea groups is 1. The minimum absolute atomic E-state index is 0.121. The van der Waals surface area contributed by atoms with E-state index in [4.69, 9.17) is 0 Å². The molecule has 0 heterocycles. The highest BCUT2D eigenvalue weighted by atomic mass is 32.1. The Bertz CT molecular complexity index is 128. The van der Waals surface area contributed by atoms with Crippen molar-refractivity contribution in [3.63, 3.8) is 0 Å². The normalized spacial score (nSPS) is 9.91. The van der Waals surface area contributed by atoms with E-state index in [0.29, 0.717) is 19.0 Å². The van der Waals surface area contributed by atoms with Crippen LogP contribution in [0.5, 0.6) is 0 Å². The molecule has 0 aromatic carbocycles. The lowest BCUT2D eigenvalue weighted by Crippen LogP contribution is -2.35. The summed E-state index contributed by atoms with van der Waals surface area (Å²) in [5.41, 5.74) is 0. The standard InChI is InChI=1S/C7H16N2OS/c1-4-9(11)7(10)8-5-6(2)3/h6,11H,4-5H2,1-3H3,(H,8,10). The van der Waals surface area contributed by atoms with E-state index in [2.05, 4.69) is 32.0 Å². The molecule has 4 heteroatoms. The first-order valence-corrected chi connectivity index (χ1v) is 4.22. The Morgan fingerprint density at radius 3 is 2.55 bits per heavy atom. The number of thiol groups is 1. The summed E-state index contributed by atoms with van der Waals surface area (Å²) in [7, 11) is 0. The van der Waals surface area contributed by atoms with Crippen LogP contribution in [0.1, 0.15) is 20.8 Å². The number of carbonyl (C=O) groups excluding carboxylic acids is 1. The second kappa shape index (κ2) is 5.29. The third kappa shape index (κ3) is 4.95. The fourth-order valence-corrected chi connectivity index (χ4v) is 0.597. The van der Waals surface area contributed by atoms with Crippen molar-refractivity contribution in [3.8, 4) is 0 Å². The van der Waals surface area contributed by atoms with E-state index in [9.17, 15) is 4.79 Å². The van der Waals surface area contributed by atoms with E-state index >= 15 is 0 Å². The number of nitrogens with zero attached hydrogens (tertiary/aromatic N) is 1. The van der Waals surface area contributed by atoms with Gasteiger partial charge in [0.15, 0.2) is 0 Å². The fraction of sp³-hybridized carbons (Fsp3) is 0.857. The molecule has 11 heavy (non-hydrogen) atoms. The van der Waals surface area contributed by atoms with Gasteiger partial charge in [0.25, 0.3) is 0 Å². The Labute approximate surface area is 73.7 Å². The summed E-state index contributed by atoms with van der Waals surface area (Å²) in [6.07, 6.45) is 0. The first-order valence-electron chi connectivity index (χ1n) is 3.82. The number of carbonyl (C=O) groups is 1. The molecule has 0 radical (unpaired) electrons. The van der Waals surface area contributed by atoms with Crippen LogP contribution in [0.3, 0.4) is 0 Å². The van der Waals surface area contributed by atoms with Gasteiger partial charge in [-0.1, -0.05) is 26.7 Å². The number of hydrogen-bond donors (Lipinski definition) is 2. The number of nitrogens with one attached hydrogen (secondary N) is 1. The molecule has 0 rings (SSSR count). The van der Waals surface area contributed by atoms with Crippen LogP contribution in [0.25, 0.3) is 0 Å². The van der Waals surface area contributed by atoms with Gasteiger partial charge in [0.1, 0.15) is 0 Å². The molecular weight excluding hydrogens is 160 g/mol. The lowest BCUT2D eigenvalue weighted by molar-refractivity contribution is 0.226. The molecule has 0 aliphatic rings. The zero-order valence-corrected chi connectivity index (χ0v) is 8.19. The third-order valence-electron chi connectivity index (χ3n) is 1.20. The lowest BCUT2D eigenvalue weighted by Gasteiger charge is -2.14. The van der Waals surface area contributed by atoms with Gasteiger partial charge in [0.2, 0.25) is 0 Å². The molecule has 0 saturated carbocycles. The topological polar surface area (TPSA) is 32.3 Å². The predicted molar refractivity (Wildman–Crippen MR) is 49.6 cm³/mol. The summed E-state index contributed by atoms with van der Waals surface area (Å²) < 4.78 is 1.35. The van der Waals surface area contributed by atoms with Gasteiger partial charge in [-0.15, -0.1) is 0 Å². The Morgan fingerprint density at radius 2 is 2.18 bits per heavy atom. The van der Waals surface area contributed by atoms with Crippen LogP contribution in [-0.4, -0.2) is 23.4 Å². The van der Waals surface area contributed by atoms with Gasteiger partial charge in [0.05, 0.1) is 0 Å². The van der Waals surface area contributed by atoms with E-state index < -0.39 is 0 Å². The molecule has 0 aromatic heterocycles. The highest BCUT2D eigenvalue weighted by molar-refractivity contribution is 7.78. The molecule has 66 valence electrons. The van der Waals surface area contributed by atoms with Crippen molar-refractivity contribution in [3.05, 3.63) is 0 Å². The molecule has 1 N–H and O–H groups in total. The molecule has 0 aliphatic heterocycles. The lowest BCUT2D eigenvalue weighted by atomic mass is 10.2. The smallest absolute Gasteiger partial charge is 0.327 e. The zero-order valence-electron chi connectivity index (χ0n) is 7.29. The third-order valence-corrected chi connectivity index (χ3v) is 1.66. The van der Waals surface area contributed by atoms with Gasteiger partial charge < -0.3 is 5.32 Å². The number of rotatable bonds is 3.